The number of carbonyl (C=O) groups excluding carboxylic acids is 1. The summed E-state index contributed by atoms with van der Waals surface area (Å²) in [6.07, 6.45) is -0.701. The van der Waals surface area contributed by atoms with Gasteiger partial charge in [0.1, 0.15) is 24.2 Å². The molecule has 6 nitrogen and oxygen atoms in total. The molecule has 21 heavy (non-hydrogen) atoms. The number of likely N-dealkylation sites (N-methyl/N-ethyl adjacent to an activating group) is 1. The highest BCUT2D eigenvalue weighted by molar-refractivity contribution is 5.81. The molecule has 0 fully saturated rings. The first kappa shape index (κ1) is 17.3. The van der Waals surface area contributed by atoms with Crippen molar-refractivity contribution in [1.82, 2.24) is 10.6 Å². The number of ether oxygens (including phenoxy) is 2. The van der Waals surface area contributed by atoms with Gasteiger partial charge in [0.2, 0.25) is 5.91 Å². The molecule has 3 N–H and O–H groups in total. The van der Waals surface area contributed by atoms with Crippen LogP contribution in [0.5, 0.6) is 11.5 Å². The molecule has 1 amide bonds. The first-order valence-corrected chi connectivity index (χ1v) is 7.02. The van der Waals surface area contributed by atoms with Crippen molar-refractivity contribution in [3.63, 3.8) is 0 Å². The molecule has 118 valence electrons. The monoisotopic (exact) mass is 296 g/mol. The lowest BCUT2D eigenvalue weighted by molar-refractivity contribution is -0.122. The van der Waals surface area contributed by atoms with E-state index in [2.05, 4.69) is 10.6 Å². The molecule has 2 unspecified atom stereocenters. The molecule has 0 radical (unpaired) electrons. The van der Waals surface area contributed by atoms with Gasteiger partial charge in [-0.25, -0.2) is 0 Å². The van der Waals surface area contributed by atoms with Crippen LogP contribution in [0.15, 0.2) is 24.3 Å². The SMILES string of the molecule is CCNC(=O)C(C)NCC(O)COc1cccc(OC)c1. The number of nitrogens with one attached hydrogen (secondary N) is 2. The zero-order valence-corrected chi connectivity index (χ0v) is 12.8. The number of benzene rings is 1. The third-order valence-corrected chi connectivity index (χ3v) is 2.89. The summed E-state index contributed by atoms with van der Waals surface area (Å²) in [5, 5.41) is 15.5. The number of rotatable bonds is 9. The Kier molecular flexibility index (Phi) is 7.56. The Balaban J connectivity index is 2.30. The van der Waals surface area contributed by atoms with Crippen LogP contribution >= 0.6 is 0 Å². The van der Waals surface area contributed by atoms with E-state index in [-0.39, 0.29) is 25.1 Å². The van der Waals surface area contributed by atoms with Crippen molar-refractivity contribution in [2.75, 3.05) is 26.8 Å². The first-order chi connectivity index (χ1) is 10.1. The van der Waals surface area contributed by atoms with E-state index < -0.39 is 6.10 Å². The van der Waals surface area contributed by atoms with E-state index in [1.807, 2.05) is 19.1 Å². The Morgan fingerprint density at radius 1 is 1.38 bits per heavy atom. The zero-order valence-electron chi connectivity index (χ0n) is 12.8. The predicted molar refractivity (Wildman–Crippen MR) is 80.6 cm³/mol. The summed E-state index contributed by atoms with van der Waals surface area (Å²) >= 11 is 0. The van der Waals surface area contributed by atoms with Crippen molar-refractivity contribution in [3.8, 4) is 11.5 Å². The van der Waals surface area contributed by atoms with Gasteiger partial charge in [-0.2, -0.15) is 0 Å². The van der Waals surface area contributed by atoms with E-state index in [1.165, 1.54) is 0 Å². The van der Waals surface area contributed by atoms with Crippen LogP contribution in [0.25, 0.3) is 0 Å². The molecule has 0 saturated heterocycles. The molecule has 1 aromatic carbocycles. The fourth-order valence-corrected chi connectivity index (χ4v) is 1.68. The quantitative estimate of drug-likeness (QED) is 0.620. The highest BCUT2D eigenvalue weighted by Crippen LogP contribution is 2.18. The van der Waals surface area contributed by atoms with Crippen LogP contribution in [-0.4, -0.2) is 50.0 Å². The van der Waals surface area contributed by atoms with Crippen LogP contribution in [-0.2, 0) is 4.79 Å². The minimum Gasteiger partial charge on any atom is -0.497 e. The fraction of sp³-hybridized carbons (Fsp3) is 0.533. The van der Waals surface area contributed by atoms with E-state index in [0.717, 1.165) is 0 Å². The second-order valence-corrected chi connectivity index (χ2v) is 4.67. The Bertz CT molecular complexity index is 439. The molecular weight excluding hydrogens is 272 g/mol. The van der Waals surface area contributed by atoms with E-state index >= 15 is 0 Å². The summed E-state index contributed by atoms with van der Waals surface area (Å²) in [6, 6.07) is 6.82. The molecule has 0 aromatic heterocycles. The Morgan fingerprint density at radius 3 is 2.76 bits per heavy atom. The highest BCUT2D eigenvalue weighted by atomic mass is 16.5. The van der Waals surface area contributed by atoms with Crippen LogP contribution < -0.4 is 20.1 Å². The summed E-state index contributed by atoms with van der Waals surface area (Å²) in [5.41, 5.74) is 0. The average Bonchev–Trinajstić information content (AvgIpc) is 2.50. The lowest BCUT2D eigenvalue weighted by atomic mass is 10.3. The van der Waals surface area contributed by atoms with Crippen molar-refractivity contribution in [1.29, 1.82) is 0 Å². The fourth-order valence-electron chi connectivity index (χ4n) is 1.68. The lowest BCUT2D eigenvalue weighted by Gasteiger charge is -2.17. The molecule has 0 aliphatic heterocycles. The Morgan fingerprint density at radius 2 is 2.10 bits per heavy atom. The van der Waals surface area contributed by atoms with Crippen LogP contribution in [0, 0.1) is 0 Å². The second-order valence-electron chi connectivity index (χ2n) is 4.67. The van der Waals surface area contributed by atoms with Crippen LogP contribution in [0.2, 0.25) is 0 Å². The van der Waals surface area contributed by atoms with E-state index in [1.54, 1.807) is 26.2 Å². The topological polar surface area (TPSA) is 79.8 Å². The molecule has 0 aliphatic rings. The second kappa shape index (κ2) is 9.20. The largest absolute Gasteiger partial charge is 0.497 e. The van der Waals surface area contributed by atoms with Gasteiger partial charge in [0, 0.05) is 19.2 Å². The summed E-state index contributed by atoms with van der Waals surface area (Å²) in [7, 11) is 1.58. The number of aliphatic hydroxyl groups is 1. The number of carbonyl (C=O) groups is 1. The molecular formula is C15H24N2O4. The van der Waals surface area contributed by atoms with E-state index in [4.69, 9.17) is 9.47 Å². The maximum Gasteiger partial charge on any atom is 0.236 e. The highest BCUT2D eigenvalue weighted by Gasteiger charge is 2.13. The Hall–Kier alpha value is -1.79. The molecule has 0 aliphatic carbocycles. The van der Waals surface area contributed by atoms with E-state index in [9.17, 15) is 9.90 Å². The molecule has 2 atom stereocenters. The zero-order chi connectivity index (χ0) is 15.7. The predicted octanol–water partition coefficient (Wildman–Crippen LogP) is 0.549. The average molecular weight is 296 g/mol. The van der Waals surface area contributed by atoms with Crippen molar-refractivity contribution in [3.05, 3.63) is 24.3 Å². The third-order valence-electron chi connectivity index (χ3n) is 2.89. The maximum atomic E-state index is 11.5. The van der Waals surface area contributed by atoms with Crippen molar-refractivity contribution < 1.29 is 19.4 Å². The summed E-state index contributed by atoms with van der Waals surface area (Å²) in [5.74, 6) is 1.24. The number of methoxy groups -OCH3 is 1. The van der Waals surface area contributed by atoms with Gasteiger partial charge < -0.3 is 25.2 Å². The van der Waals surface area contributed by atoms with Gasteiger partial charge in [-0.3, -0.25) is 4.79 Å². The number of amides is 1. The van der Waals surface area contributed by atoms with Gasteiger partial charge in [-0.15, -0.1) is 0 Å². The van der Waals surface area contributed by atoms with Crippen molar-refractivity contribution in [2.24, 2.45) is 0 Å². The van der Waals surface area contributed by atoms with Crippen molar-refractivity contribution >= 4 is 5.91 Å². The Labute approximate surface area is 125 Å². The summed E-state index contributed by atoms with van der Waals surface area (Å²) in [4.78, 5) is 11.5. The van der Waals surface area contributed by atoms with Gasteiger partial charge >= 0.3 is 0 Å². The lowest BCUT2D eigenvalue weighted by Crippen LogP contribution is -2.45. The van der Waals surface area contributed by atoms with Gasteiger partial charge in [0.05, 0.1) is 13.2 Å². The van der Waals surface area contributed by atoms with Crippen molar-refractivity contribution in [2.45, 2.75) is 26.0 Å². The van der Waals surface area contributed by atoms with Crippen LogP contribution in [0.3, 0.4) is 0 Å². The summed E-state index contributed by atoms with van der Waals surface area (Å²) < 4.78 is 10.6. The standard InChI is InChI=1S/C15H24N2O4/c1-4-16-15(19)11(2)17-9-12(18)10-21-14-7-5-6-13(8-14)20-3/h5-8,11-12,17-18H,4,9-10H2,1-3H3,(H,16,19). The molecule has 0 spiro atoms. The normalized spacial score (nSPS) is 13.3. The molecule has 6 heteroatoms. The van der Waals surface area contributed by atoms with Gasteiger partial charge in [0.15, 0.2) is 0 Å². The van der Waals surface area contributed by atoms with Gasteiger partial charge in [-0.05, 0) is 26.0 Å². The summed E-state index contributed by atoms with van der Waals surface area (Å²) in [6.45, 7) is 4.62. The molecule has 0 bridgehead atoms. The van der Waals surface area contributed by atoms with E-state index in [0.29, 0.717) is 18.0 Å². The number of hydrogen-bond acceptors (Lipinski definition) is 5. The molecule has 1 aromatic rings. The third kappa shape index (κ3) is 6.46. The van der Waals surface area contributed by atoms with Gasteiger partial charge in [-0.1, -0.05) is 6.07 Å². The van der Waals surface area contributed by atoms with Crippen LogP contribution in [0.4, 0.5) is 0 Å². The number of hydrogen-bond donors (Lipinski definition) is 3. The first-order valence-electron chi connectivity index (χ1n) is 7.02. The minimum atomic E-state index is -0.701. The molecule has 0 saturated carbocycles. The maximum absolute atomic E-state index is 11.5. The minimum absolute atomic E-state index is 0.0848. The van der Waals surface area contributed by atoms with Gasteiger partial charge in [0.25, 0.3) is 0 Å². The molecule has 0 heterocycles. The molecule has 1 rings (SSSR count). The number of aliphatic hydroxyl groups excluding tert-OH is 1. The smallest absolute Gasteiger partial charge is 0.236 e. The van der Waals surface area contributed by atoms with Crippen LogP contribution in [0.1, 0.15) is 13.8 Å².